The summed E-state index contributed by atoms with van der Waals surface area (Å²) in [4.78, 5) is 13.3. The fourth-order valence-electron chi connectivity index (χ4n) is 4.35. The van der Waals surface area contributed by atoms with Gasteiger partial charge < -0.3 is 8.85 Å². The molecule has 0 radical (unpaired) electrons. The standard InChI is InChI=1S/C25H52O3Si2/c1-14-20(27-29(10,11)23(4,5)6)19-17-25(18-19,21(26)15-2)22(16-3)28-30(12,13)24(7,8)9/h19-20,22H,14-18H2,1-13H3. The van der Waals surface area contributed by atoms with Crippen LogP contribution in [0, 0.1) is 11.3 Å². The number of Topliss-reactive ketones (excluding diaryl/α,β-unsaturated/α-hetero) is 1. The monoisotopic (exact) mass is 456 g/mol. The molecule has 1 fully saturated rings. The molecule has 0 bridgehead atoms. The Labute approximate surface area is 190 Å². The van der Waals surface area contributed by atoms with E-state index in [-0.39, 0.29) is 27.7 Å². The van der Waals surface area contributed by atoms with Gasteiger partial charge in [-0.3, -0.25) is 4.79 Å². The zero-order chi connectivity index (χ0) is 23.8. The highest BCUT2D eigenvalue weighted by Crippen LogP contribution is 2.55. The number of hydrogen-bond donors (Lipinski definition) is 0. The van der Waals surface area contributed by atoms with Crippen molar-refractivity contribution < 1.29 is 13.6 Å². The normalized spacial score (nSPS) is 25.6. The lowest BCUT2D eigenvalue weighted by Gasteiger charge is -2.56. The molecule has 2 unspecified atom stereocenters. The van der Waals surface area contributed by atoms with Gasteiger partial charge in [-0.05, 0) is 67.9 Å². The van der Waals surface area contributed by atoms with Crippen molar-refractivity contribution in [2.24, 2.45) is 11.3 Å². The highest BCUT2D eigenvalue weighted by atomic mass is 28.4. The zero-order valence-corrected chi connectivity index (χ0v) is 24.5. The van der Waals surface area contributed by atoms with Gasteiger partial charge in [0.2, 0.25) is 0 Å². The average Bonchev–Trinajstić information content (AvgIpc) is 2.55. The van der Waals surface area contributed by atoms with Gasteiger partial charge in [0.15, 0.2) is 16.6 Å². The smallest absolute Gasteiger partial charge is 0.192 e. The summed E-state index contributed by atoms with van der Waals surface area (Å²) >= 11 is 0. The van der Waals surface area contributed by atoms with Crippen molar-refractivity contribution in [2.75, 3.05) is 0 Å². The molecule has 0 saturated heterocycles. The van der Waals surface area contributed by atoms with Crippen LogP contribution in [0.1, 0.15) is 94.4 Å². The van der Waals surface area contributed by atoms with Crippen LogP contribution in [0.4, 0.5) is 0 Å². The molecule has 1 saturated carbocycles. The number of carbonyl (C=O) groups excluding carboxylic acids is 1. The van der Waals surface area contributed by atoms with E-state index in [1.54, 1.807) is 0 Å². The highest BCUT2D eigenvalue weighted by molar-refractivity contribution is 6.74. The quantitative estimate of drug-likeness (QED) is 0.313. The molecule has 0 N–H and O–H groups in total. The van der Waals surface area contributed by atoms with Crippen molar-refractivity contribution in [3.63, 3.8) is 0 Å². The largest absolute Gasteiger partial charge is 0.414 e. The van der Waals surface area contributed by atoms with Crippen molar-refractivity contribution in [3.8, 4) is 0 Å². The lowest BCUT2D eigenvalue weighted by Crippen LogP contribution is -2.59. The highest BCUT2D eigenvalue weighted by Gasteiger charge is 2.58. The maximum atomic E-state index is 13.3. The molecule has 0 aliphatic heterocycles. The van der Waals surface area contributed by atoms with E-state index in [4.69, 9.17) is 8.85 Å². The first kappa shape index (κ1) is 28.1. The van der Waals surface area contributed by atoms with Gasteiger partial charge in [-0.15, -0.1) is 0 Å². The minimum Gasteiger partial charge on any atom is -0.414 e. The van der Waals surface area contributed by atoms with Gasteiger partial charge in [-0.1, -0.05) is 62.3 Å². The van der Waals surface area contributed by atoms with E-state index in [1.165, 1.54) is 0 Å². The summed E-state index contributed by atoms with van der Waals surface area (Å²) in [6, 6.07) is 0. The van der Waals surface area contributed by atoms with Crippen molar-refractivity contribution in [2.45, 2.75) is 143 Å². The lowest BCUT2D eigenvalue weighted by atomic mass is 9.54. The Kier molecular flexibility index (Phi) is 8.87. The van der Waals surface area contributed by atoms with E-state index in [2.05, 4.69) is 81.6 Å². The van der Waals surface area contributed by atoms with Crippen molar-refractivity contribution in [3.05, 3.63) is 0 Å². The molecule has 0 amide bonds. The van der Waals surface area contributed by atoms with Crippen LogP contribution in [-0.2, 0) is 13.6 Å². The Bertz CT molecular complexity index is 578. The molecule has 0 aromatic heterocycles. The first-order valence-electron chi connectivity index (χ1n) is 12.3. The molecule has 1 aliphatic rings. The molecule has 30 heavy (non-hydrogen) atoms. The van der Waals surface area contributed by atoms with E-state index < -0.39 is 16.6 Å². The van der Waals surface area contributed by atoms with Crippen molar-refractivity contribution in [1.82, 2.24) is 0 Å². The third kappa shape index (κ3) is 5.68. The topological polar surface area (TPSA) is 35.5 Å². The molecule has 1 aliphatic carbocycles. The number of ketones is 1. The van der Waals surface area contributed by atoms with E-state index >= 15 is 0 Å². The number of rotatable bonds is 10. The van der Waals surface area contributed by atoms with Gasteiger partial charge in [-0.2, -0.15) is 0 Å². The van der Waals surface area contributed by atoms with Gasteiger partial charge in [0.05, 0.1) is 11.5 Å². The van der Waals surface area contributed by atoms with Crippen molar-refractivity contribution >= 4 is 22.4 Å². The molecule has 1 rings (SSSR count). The van der Waals surface area contributed by atoms with Crippen LogP contribution in [0.5, 0.6) is 0 Å². The Morgan fingerprint density at radius 2 is 1.30 bits per heavy atom. The molecule has 0 spiro atoms. The van der Waals surface area contributed by atoms with Crippen LogP contribution in [-0.4, -0.2) is 34.6 Å². The summed E-state index contributed by atoms with van der Waals surface area (Å²) in [6.07, 6.45) is 4.68. The fourth-order valence-corrected chi connectivity index (χ4v) is 7.28. The SMILES string of the molecule is CCC(=O)C1(C(CC)O[Si](C)(C)C(C)(C)C)CC(C(CC)O[Si](C)(C)C(C)(C)C)C1. The second-order valence-electron chi connectivity index (χ2n) is 12.7. The molecule has 3 nitrogen and oxygen atoms in total. The minimum absolute atomic E-state index is 0.0347. The van der Waals surface area contributed by atoms with Gasteiger partial charge in [0.25, 0.3) is 0 Å². The fraction of sp³-hybridized carbons (Fsp3) is 0.960. The van der Waals surface area contributed by atoms with Gasteiger partial charge >= 0.3 is 0 Å². The van der Waals surface area contributed by atoms with Crippen LogP contribution in [0.2, 0.25) is 36.3 Å². The Morgan fingerprint density at radius 3 is 1.63 bits per heavy atom. The van der Waals surface area contributed by atoms with Crippen LogP contribution in [0.15, 0.2) is 0 Å². The van der Waals surface area contributed by atoms with Crippen LogP contribution < -0.4 is 0 Å². The molecule has 0 aromatic carbocycles. The molecule has 5 heteroatoms. The van der Waals surface area contributed by atoms with E-state index in [9.17, 15) is 4.79 Å². The molecule has 2 atom stereocenters. The third-order valence-corrected chi connectivity index (χ3v) is 17.5. The van der Waals surface area contributed by atoms with Crippen LogP contribution >= 0.6 is 0 Å². The summed E-state index contributed by atoms with van der Waals surface area (Å²) in [6.45, 7) is 29.5. The van der Waals surface area contributed by atoms with Gasteiger partial charge in [0, 0.05) is 12.5 Å². The number of hydrogen-bond acceptors (Lipinski definition) is 3. The minimum atomic E-state index is -1.94. The summed E-state index contributed by atoms with van der Waals surface area (Å²) in [7, 11) is -3.76. The predicted molar refractivity (Wildman–Crippen MR) is 135 cm³/mol. The van der Waals surface area contributed by atoms with E-state index in [1.807, 2.05) is 6.92 Å². The summed E-state index contributed by atoms with van der Waals surface area (Å²) in [5.74, 6) is 0.864. The first-order chi connectivity index (χ1) is 13.4. The summed E-state index contributed by atoms with van der Waals surface area (Å²) < 4.78 is 13.7. The van der Waals surface area contributed by atoms with Crippen LogP contribution in [0.3, 0.4) is 0 Å². The molecule has 0 aromatic rings. The van der Waals surface area contributed by atoms with E-state index in [0.717, 1.165) is 25.7 Å². The Morgan fingerprint density at radius 1 is 0.867 bits per heavy atom. The third-order valence-electron chi connectivity index (χ3n) is 8.54. The van der Waals surface area contributed by atoms with Crippen LogP contribution in [0.25, 0.3) is 0 Å². The zero-order valence-electron chi connectivity index (χ0n) is 22.5. The second-order valence-corrected chi connectivity index (χ2v) is 22.2. The molecule has 178 valence electrons. The van der Waals surface area contributed by atoms with E-state index in [0.29, 0.717) is 18.1 Å². The maximum absolute atomic E-state index is 13.3. The molecular weight excluding hydrogens is 404 g/mol. The predicted octanol–water partition coefficient (Wildman–Crippen LogP) is 7.96. The Balaban J connectivity index is 3.10. The molecule has 0 heterocycles. The summed E-state index contributed by atoms with van der Waals surface area (Å²) in [5, 5.41) is 0.356. The Hall–Kier alpha value is 0.0238. The number of carbonyl (C=O) groups is 1. The second kappa shape index (κ2) is 9.48. The van der Waals surface area contributed by atoms with Gasteiger partial charge in [-0.25, -0.2) is 0 Å². The van der Waals surface area contributed by atoms with Gasteiger partial charge in [0.1, 0.15) is 5.78 Å². The average molecular weight is 457 g/mol. The maximum Gasteiger partial charge on any atom is 0.192 e. The lowest BCUT2D eigenvalue weighted by molar-refractivity contribution is -0.154. The first-order valence-corrected chi connectivity index (χ1v) is 18.1. The summed E-state index contributed by atoms with van der Waals surface area (Å²) in [5.41, 5.74) is -0.312. The van der Waals surface area contributed by atoms with Crippen molar-refractivity contribution in [1.29, 1.82) is 0 Å². The molecular formula is C25H52O3Si2.